The highest BCUT2D eigenvalue weighted by Gasteiger charge is 2.18. The number of aromatic nitrogens is 1. The van der Waals surface area contributed by atoms with E-state index in [1.807, 2.05) is 23.2 Å². The monoisotopic (exact) mass is 586 g/mol. The van der Waals surface area contributed by atoms with Crippen LogP contribution in [0.3, 0.4) is 0 Å². The van der Waals surface area contributed by atoms with Gasteiger partial charge in [-0.2, -0.15) is 0 Å². The molecule has 2 amide bonds. The molecule has 0 bridgehead atoms. The lowest BCUT2D eigenvalue weighted by molar-refractivity contribution is 0.206. The van der Waals surface area contributed by atoms with Gasteiger partial charge in [0, 0.05) is 43.8 Å². The average molecular weight is 587 g/mol. The molecule has 0 saturated heterocycles. The van der Waals surface area contributed by atoms with Crippen molar-refractivity contribution in [2.75, 3.05) is 5.32 Å². The minimum absolute atomic E-state index is 0.110. The molecular formula is C39H46N4O. The Labute approximate surface area is 263 Å². The van der Waals surface area contributed by atoms with Gasteiger partial charge < -0.3 is 15.5 Å². The number of amides is 2. The predicted molar refractivity (Wildman–Crippen MR) is 180 cm³/mol. The lowest BCUT2D eigenvalue weighted by Crippen LogP contribution is -2.34. The van der Waals surface area contributed by atoms with Crippen LogP contribution in [0, 0.1) is 0 Å². The molecule has 2 aliphatic rings. The Bertz CT molecular complexity index is 1440. The number of hydrogen-bond donors (Lipinski definition) is 2. The van der Waals surface area contributed by atoms with Crippen molar-refractivity contribution in [2.24, 2.45) is 0 Å². The van der Waals surface area contributed by atoms with Crippen LogP contribution in [0.25, 0.3) is 11.1 Å². The summed E-state index contributed by atoms with van der Waals surface area (Å²) in [5.74, 6) is 0.653. The molecule has 1 heterocycles. The molecule has 0 aliphatic heterocycles. The predicted octanol–water partition coefficient (Wildman–Crippen LogP) is 9.45. The number of benzene rings is 3. The molecule has 0 spiro atoms. The first-order valence-corrected chi connectivity index (χ1v) is 16.7. The summed E-state index contributed by atoms with van der Waals surface area (Å²) >= 11 is 0. The van der Waals surface area contributed by atoms with E-state index in [2.05, 4.69) is 88.4 Å². The van der Waals surface area contributed by atoms with Gasteiger partial charge >= 0.3 is 6.03 Å². The zero-order valence-corrected chi connectivity index (χ0v) is 25.9. The highest BCUT2D eigenvalue weighted by Crippen LogP contribution is 2.33. The van der Waals surface area contributed by atoms with Gasteiger partial charge in [0.1, 0.15) is 0 Å². The van der Waals surface area contributed by atoms with Crippen LogP contribution in [0.4, 0.5) is 10.5 Å². The molecule has 0 unspecified atom stereocenters. The third-order valence-corrected chi connectivity index (χ3v) is 9.44. The molecule has 0 atom stereocenters. The van der Waals surface area contributed by atoms with Crippen molar-refractivity contribution < 1.29 is 4.79 Å². The van der Waals surface area contributed by atoms with Crippen molar-refractivity contribution in [3.63, 3.8) is 0 Å². The summed E-state index contributed by atoms with van der Waals surface area (Å²) < 4.78 is 0. The van der Waals surface area contributed by atoms with E-state index in [9.17, 15) is 4.79 Å². The van der Waals surface area contributed by atoms with Crippen molar-refractivity contribution in [3.8, 4) is 11.1 Å². The highest BCUT2D eigenvalue weighted by molar-refractivity contribution is 5.89. The van der Waals surface area contributed by atoms with Gasteiger partial charge in [-0.05, 0) is 83.2 Å². The van der Waals surface area contributed by atoms with Crippen LogP contribution in [-0.4, -0.2) is 22.0 Å². The molecule has 6 rings (SSSR count). The second-order valence-corrected chi connectivity index (χ2v) is 12.7. The molecule has 44 heavy (non-hydrogen) atoms. The van der Waals surface area contributed by atoms with Crippen molar-refractivity contribution in [3.05, 3.63) is 120 Å². The zero-order valence-electron chi connectivity index (χ0n) is 25.9. The van der Waals surface area contributed by atoms with Gasteiger partial charge in [-0.15, -0.1) is 0 Å². The molecule has 228 valence electrons. The van der Waals surface area contributed by atoms with Gasteiger partial charge in [0.2, 0.25) is 0 Å². The van der Waals surface area contributed by atoms with Crippen LogP contribution in [0.1, 0.15) is 92.4 Å². The molecule has 3 aromatic carbocycles. The normalized spacial score (nSPS) is 16.0. The van der Waals surface area contributed by atoms with E-state index in [4.69, 9.17) is 0 Å². The van der Waals surface area contributed by atoms with Gasteiger partial charge in [0.15, 0.2) is 0 Å². The number of carbonyl (C=O) groups is 1. The summed E-state index contributed by atoms with van der Waals surface area (Å²) in [6.07, 6.45) is 16.8. The van der Waals surface area contributed by atoms with E-state index in [1.165, 1.54) is 86.5 Å². The van der Waals surface area contributed by atoms with Crippen molar-refractivity contribution in [1.29, 1.82) is 0 Å². The number of hydrogen-bond acceptors (Lipinski definition) is 3. The Hall–Kier alpha value is -3.96. The molecule has 1 aromatic heterocycles. The quantitative estimate of drug-likeness (QED) is 0.195. The Morgan fingerprint density at radius 3 is 1.93 bits per heavy atom. The number of pyridine rings is 1. The fourth-order valence-corrected chi connectivity index (χ4v) is 6.80. The number of anilines is 1. The number of nitrogens with zero attached hydrogens (tertiary/aromatic N) is 2. The highest BCUT2D eigenvalue weighted by atomic mass is 16.2. The largest absolute Gasteiger partial charge is 0.322 e. The number of carbonyl (C=O) groups excluding carboxylic acids is 1. The van der Waals surface area contributed by atoms with Crippen LogP contribution in [-0.2, 0) is 19.6 Å². The third-order valence-electron chi connectivity index (χ3n) is 9.44. The lowest BCUT2D eigenvalue weighted by atomic mass is 9.84. The summed E-state index contributed by atoms with van der Waals surface area (Å²) in [4.78, 5) is 19.7. The number of rotatable bonds is 10. The van der Waals surface area contributed by atoms with Crippen LogP contribution < -0.4 is 10.6 Å². The maximum atomic E-state index is 13.6. The Morgan fingerprint density at radius 2 is 1.30 bits per heavy atom. The second-order valence-electron chi connectivity index (χ2n) is 12.7. The zero-order chi connectivity index (χ0) is 30.0. The molecule has 2 fully saturated rings. The molecule has 2 aliphatic carbocycles. The Morgan fingerprint density at radius 1 is 0.682 bits per heavy atom. The van der Waals surface area contributed by atoms with E-state index in [0.29, 0.717) is 25.0 Å². The standard InChI is InChI=1S/C39H46N4O/c44-39(42-38-23-21-36(22-24-38)33-9-3-1-4-10-33)43(29-32-8-7-25-40-26-32)28-31-15-19-35(20-16-31)34-17-13-30(14-18-34)27-41-37-11-5-2-6-12-37/h7-8,13-26,33,37,41H,1-6,9-12,27-29H2,(H,42,44). The minimum Gasteiger partial charge on any atom is -0.316 e. The van der Waals surface area contributed by atoms with Gasteiger partial charge in [0.25, 0.3) is 0 Å². The van der Waals surface area contributed by atoms with E-state index in [1.54, 1.807) is 6.20 Å². The fraction of sp³-hybridized carbons (Fsp3) is 0.385. The molecule has 2 N–H and O–H groups in total. The number of nitrogens with one attached hydrogen (secondary N) is 2. The molecule has 5 heteroatoms. The van der Waals surface area contributed by atoms with E-state index in [-0.39, 0.29) is 6.03 Å². The molecule has 4 aromatic rings. The summed E-state index contributed by atoms with van der Waals surface area (Å²) in [6, 6.07) is 30.5. The van der Waals surface area contributed by atoms with Crippen LogP contribution >= 0.6 is 0 Å². The number of urea groups is 1. The second kappa shape index (κ2) is 15.2. The van der Waals surface area contributed by atoms with Gasteiger partial charge in [-0.3, -0.25) is 4.98 Å². The lowest BCUT2D eigenvalue weighted by Gasteiger charge is -2.24. The van der Waals surface area contributed by atoms with E-state index >= 15 is 0 Å². The maximum Gasteiger partial charge on any atom is 0.322 e. The summed E-state index contributed by atoms with van der Waals surface area (Å²) in [7, 11) is 0. The molecule has 5 nitrogen and oxygen atoms in total. The van der Waals surface area contributed by atoms with Gasteiger partial charge in [-0.25, -0.2) is 4.79 Å². The summed E-state index contributed by atoms with van der Waals surface area (Å²) in [5, 5.41) is 6.89. The van der Waals surface area contributed by atoms with Gasteiger partial charge in [-0.1, -0.05) is 105 Å². The van der Waals surface area contributed by atoms with Crippen LogP contribution in [0.2, 0.25) is 0 Å². The molecule has 0 radical (unpaired) electrons. The Kier molecular flexibility index (Phi) is 10.4. The van der Waals surface area contributed by atoms with Crippen molar-refractivity contribution in [2.45, 2.75) is 95.8 Å². The van der Waals surface area contributed by atoms with E-state index < -0.39 is 0 Å². The first kappa shape index (κ1) is 30.1. The molecule has 2 saturated carbocycles. The van der Waals surface area contributed by atoms with Crippen molar-refractivity contribution in [1.82, 2.24) is 15.2 Å². The third kappa shape index (κ3) is 8.35. The van der Waals surface area contributed by atoms with Crippen LogP contribution in [0.5, 0.6) is 0 Å². The fourth-order valence-electron chi connectivity index (χ4n) is 6.80. The van der Waals surface area contributed by atoms with Crippen molar-refractivity contribution >= 4 is 11.7 Å². The summed E-state index contributed by atoms with van der Waals surface area (Å²) in [5.41, 5.74) is 8.04. The average Bonchev–Trinajstić information content (AvgIpc) is 3.09. The Balaban J connectivity index is 1.09. The minimum atomic E-state index is -0.110. The first-order chi connectivity index (χ1) is 21.7. The van der Waals surface area contributed by atoms with Crippen LogP contribution in [0.15, 0.2) is 97.3 Å². The summed E-state index contributed by atoms with van der Waals surface area (Å²) in [6.45, 7) is 1.92. The van der Waals surface area contributed by atoms with E-state index in [0.717, 1.165) is 23.4 Å². The maximum absolute atomic E-state index is 13.6. The van der Waals surface area contributed by atoms with Gasteiger partial charge in [0.05, 0.1) is 0 Å². The first-order valence-electron chi connectivity index (χ1n) is 16.7. The topological polar surface area (TPSA) is 57.3 Å². The molecular weight excluding hydrogens is 540 g/mol. The SMILES string of the molecule is O=C(Nc1ccc(C2CCCCC2)cc1)N(Cc1ccc(-c2ccc(CNC3CCCCC3)cc2)cc1)Cc1cccnc1. The smallest absolute Gasteiger partial charge is 0.316 e.